The Morgan fingerprint density at radius 3 is 2.20 bits per heavy atom. The molecule has 41 heavy (non-hydrogen) atoms. The molecule has 8 atom stereocenters. The van der Waals surface area contributed by atoms with Crippen LogP contribution >= 0.6 is 0 Å². The van der Waals surface area contributed by atoms with E-state index in [-0.39, 0.29) is 30.9 Å². The van der Waals surface area contributed by atoms with E-state index in [4.69, 9.17) is 18.9 Å². The number of hydrogen-bond donors (Lipinski definition) is 0. The average Bonchev–Trinajstić information content (AvgIpc) is 2.88. The van der Waals surface area contributed by atoms with Gasteiger partial charge in [0.25, 0.3) is 0 Å². The summed E-state index contributed by atoms with van der Waals surface area (Å²) in [4.78, 5) is 77.6. The molecule has 3 rings (SSSR count). The van der Waals surface area contributed by atoms with E-state index in [1.54, 1.807) is 20.0 Å². The van der Waals surface area contributed by atoms with Gasteiger partial charge in [-0.15, -0.1) is 0 Å². The van der Waals surface area contributed by atoms with Crippen molar-refractivity contribution in [2.24, 2.45) is 34.5 Å². The molecule has 11 heteroatoms. The molecule has 0 aromatic rings. The van der Waals surface area contributed by atoms with Gasteiger partial charge in [-0.3, -0.25) is 28.8 Å². The summed E-state index contributed by atoms with van der Waals surface area (Å²) < 4.78 is 21.4. The summed E-state index contributed by atoms with van der Waals surface area (Å²) in [6, 6.07) is 0. The molecule has 11 nitrogen and oxygen atoms in total. The molecule has 3 saturated carbocycles. The predicted molar refractivity (Wildman–Crippen MR) is 145 cm³/mol. The van der Waals surface area contributed by atoms with Crippen molar-refractivity contribution in [3.63, 3.8) is 0 Å². The molecule has 3 aliphatic carbocycles. The van der Waals surface area contributed by atoms with Crippen LogP contribution < -0.4 is 0 Å². The van der Waals surface area contributed by atoms with Crippen molar-refractivity contribution in [3.05, 3.63) is 11.6 Å². The number of ether oxygens (including phenoxy) is 4. The van der Waals surface area contributed by atoms with E-state index >= 15 is 0 Å². The molecule has 1 amide bonds. The smallest absolute Gasteiger partial charge is 0.316 e. The zero-order valence-electron chi connectivity index (χ0n) is 25.3. The summed E-state index contributed by atoms with van der Waals surface area (Å²) in [6.07, 6.45) is 1.62. The van der Waals surface area contributed by atoms with Crippen LogP contribution in [-0.2, 0) is 47.7 Å². The Kier molecular flexibility index (Phi) is 9.70. The number of rotatable bonds is 7. The number of Topliss-reactive ketones (excluding diaryl/α,β-unsaturated/α-hetero) is 1. The summed E-state index contributed by atoms with van der Waals surface area (Å²) in [6.45, 7) is 9.66. The molecule has 0 heterocycles. The second-order valence-corrected chi connectivity index (χ2v) is 12.1. The van der Waals surface area contributed by atoms with Crippen molar-refractivity contribution in [1.29, 1.82) is 0 Å². The molecule has 0 N–H and O–H groups in total. The quantitative estimate of drug-likeness (QED) is 0.252. The highest BCUT2D eigenvalue weighted by Crippen LogP contribution is 2.65. The Balaban J connectivity index is 2.02. The summed E-state index contributed by atoms with van der Waals surface area (Å²) >= 11 is 0. The van der Waals surface area contributed by atoms with Crippen molar-refractivity contribution in [3.8, 4) is 0 Å². The first kappa shape index (κ1) is 32.3. The number of carbonyl (C=O) groups excluding carboxylic acids is 6. The van der Waals surface area contributed by atoms with Crippen LogP contribution in [0, 0.1) is 34.5 Å². The molecule has 3 fully saturated rings. The lowest BCUT2D eigenvalue weighted by Gasteiger charge is -2.62. The van der Waals surface area contributed by atoms with Gasteiger partial charge in [0.1, 0.15) is 18.1 Å². The van der Waals surface area contributed by atoms with Crippen LogP contribution in [-0.4, -0.2) is 80.0 Å². The van der Waals surface area contributed by atoms with Gasteiger partial charge in [0.05, 0.1) is 13.7 Å². The third kappa shape index (κ3) is 6.04. The molecule has 0 aliphatic heterocycles. The molecular formula is C30H43NO10. The van der Waals surface area contributed by atoms with Gasteiger partial charge in [0.15, 0.2) is 11.9 Å². The Bertz CT molecular complexity index is 1130. The van der Waals surface area contributed by atoms with E-state index in [0.717, 1.165) is 5.57 Å². The fraction of sp³-hybridized carbons (Fsp3) is 0.733. The minimum absolute atomic E-state index is 0.0804. The van der Waals surface area contributed by atoms with Gasteiger partial charge in [-0.1, -0.05) is 19.4 Å². The Morgan fingerprint density at radius 1 is 1.00 bits per heavy atom. The van der Waals surface area contributed by atoms with E-state index in [2.05, 4.69) is 0 Å². The van der Waals surface area contributed by atoms with Crippen molar-refractivity contribution >= 4 is 35.6 Å². The normalized spacial score (nSPS) is 35.4. The Labute approximate surface area is 241 Å². The van der Waals surface area contributed by atoms with E-state index in [9.17, 15) is 28.8 Å². The maximum absolute atomic E-state index is 14.4. The minimum Gasteiger partial charge on any atom is -0.468 e. The van der Waals surface area contributed by atoms with Gasteiger partial charge < -0.3 is 23.8 Å². The molecule has 0 bridgehead atoms. The van der Waals surface area contributed by atoms with Crippen LogP contribution in [0.4, 0.5) is 0 Å². The molecule has 0 unspecified atom stereocenters. The number of likely N-dealkylation sites (N-methyl/N-ethyl adjacent to an activating group) is 1. The van der Waals surface area contributed by atoms with Crippen LogP contribution in [0.1, 0.15) is 67.2 Å². The van der Waals surface area contributed by atoms with Gasteiger partial charge in [0.2, 0.25) is 5.91 Å². The summed E-state index contributed by atoms with van der Waals surface area (Å²) in [5, 5.41) is 0. The van der Waals surface area contributed by atoms with Gasteiger partial charge in [-0.05, 0) is 49.9 Å². The van der Waals surface area contributed by atoms with E-state index in [1.165, 1.54) is 32.8 Å². The number of allylic oxidation sites excluding steroid dienone is 1. The number of esters is 4. The Hall–Kier alpha value is -3.24. The van der Waals surface area contributed by atoms with Crippen molar-refractivity contribution in [2.75, 3.05) is 27.3 Å². The van der Waals surface area contributed by atoms with Gasteiger partial charge in [0, 0.05) is 45.7 Å². The zero-order valence-corrected chi connectivity index (χ0v) is 25.3. The van der Waals surface area contributed by atoms with Gasteiger partial charge in [-0.25, -0.2) is 0 Å². The third-order valence-electron chi connectivity index (χ3n) is 9.65. The number of methoxy groups -OCH3 is 1. The Morgan fingerprint density at radius 2 is 1.63 bits per heavy atom. The number of carbonyl (C=O) groups is 6. The number of amides is 1. The second-order valence-electron chi connectivity index (χ2n) is 12.1. The minimum atomic E-state index is -1.48. The SMILES string of the molecule is COC(=O)[C@@]1(C)[C@@H](OC(C)=O)CC[C@]2(C)[C@@H]3CC/C(=C\C(=O)N(C)CCOC(C)=O)[C@H](C)[C@@H]3[C@H](OC(C)=O)C(=O)[C@H]21. The first-order valence-corrected chi connectivity index (χ1v) is 14.1. The number of ketones is 1. The summed E-state index contributed by atoms with van der Waals surface area (Å²) in [5.74, 6) is -4.65. The highest BCUT2D eigenvalue weighted by atomic mass is 16.6. The zero-order chi connectivity index (χ0) is 30.9. The predicted octanol–water partition coefficient (Wildman–Crippen LogP) is 2.64. The maximum atomic E-state index is 14.4. The van der Waals surface area contributed by atoms with Crippen LogP contribution in [0.25, 0.3) is 0 Å². The molecule has 0 saturated heterocycles. The molecule has 3 aliphatic rings. The molecule has 0 radical (unpaired) electrons. The lowest BCUT2D eigenvalue weighted by molar-refractivity contribution is -0.218. The monoisotopic (exact) mass is 577 g/mol. The third-order valence-corrected chi connectivity index (χ3v) is 9.65. The molecular weight excluding hydrogens is 534 g/mol. The molecule has 0 aromatic heterocycles. The first-order valence-electron chi connectivity index (χ1n) is 14.1. The van der Waals surface area contributed by atoms with E-state index < -0.39 is 64.5 Å². The molecule has 0 aromatic carbocycles. The fourth-order valence-electron chi connectivity index (χ4n) is 7.79. The van der Waals surface area contributed by atoms with Gasteiger partial charge in [-0.2, -0.15) is 0 Å². The lowest BCUT2D eigenvalue weighted by atomic mass is 9.41. The largest absolute Gasteiger partial charge is 0.468 e. The summed E-state index contributed by atoms with van der Waals surface area (Å²) in [7, 11) is 2.86. The first-order chi connectivity index (χ1) is 19.1. The average molecular weight is 578 g/mol. The molecule has 0 spiro atoms. The second kappa shape index (κ2) is 12.3. The fourth-order valence-corrected chi connectivity index (χ4v) is 7.79. The van der Waals surface area contributed by atoms with E-state index in [1.807, 2.05) is 13.8 Å². The molecule has 228 valence electrons. The van der Waals surface area contributed by atoms with Crippen LogP contribution in [0.3, 0.4) is 0 Å². The highest BCUT2D eigenvalue weighted by Gasteiger charge is 2.70. The van der Waals surface area contributed by atoms with E-state index in [0.29, 0.717) is 25.7 Å². The van der Waals surface area contributed by atoms with Crippen LogP contribution in [0.5, 0.6) is 0 Å². The standard InChI is InChI=1S/C30H43NO10/c1-16-20(15-23(35)31(7)13-14-39-17(2)32)9-10-21-24(16)26(41-19(4)34)25(36)27-29(21,5)12-11-22(40-18(3)33)30(27,6)28(37)38-8/h15-16,21-22,24,26-27H,9-14H2,1-8H3/b20-15+/t16-,21+,22-,24-,26-,27+,29+,30-/m0/s1. The van der Waals surface area contributed by atoms with Gasteiger partial charge >= 0.3 is 23.9 Å². The van der Waals surface area contributed by atoms with Crippen molar-refractivity contribution in [1.82, 2.24) is 4.90 Å². The number of hydrogen-bond acceptors (Lipinski definition) is 10. The van der Waals surface area contributed by atoms with Crippen LogP contribution in [0.2, 0.25) is 0 Å². The number of fused-ring (bicyclic) bond motifs is 3. The lowest BCUT2D eigenvalue weighted by Crippen LogP contribution is -2.69. The van der Waals surface area contributed by atoms with Crippen molar-refractivity contribution < 1.29 is 47.7 Å². The van der Waals surface area contributed by atoms with Crippen LogP contribution in [0.15, 0.2) is 11.6 Å². The van der Waals surface area contributed by atoms with Crippen molar-refractivity contribution in [2.45, 2.75) is 79.4 Å². The highest BCUT2D eigenvalue weighted by molar-refractivity contribution is 5.95. The number of nitrogens with zero attached hydrogens (tertiary/aromatic N) is 1. The maximum Gasteiger partial charge on any atom is 0.316 e. The summed E-state index contributed by atoms with van der Waals surface area (Å²) in [5.41, 5.74) is -1.32. The topological polar surface area (TPSA) is 143 Å².